The number of phenols is 1. The molecule has 1 atom stereocenters. The van der Waals surface area contributed by atoms with Gasteiger partial charge in [-0.2, -0.15) is 8.42 Å². The monoisotopic (exact) mass is 314 g/mol. The molecule has 1 saturated heterocycles. The van der Waals surface area contributed by atoms with E-state index in [-0.39, 0.29) is 17.9 Å². The van der Waals surface area contributed by atoms with E-state index in [1.165, 1.54) is 25.1 Å². The first-order valence-corrected chi connectivity index (χ1v) is 7.52. The average molecular weight is 314 g/mol. The summed E-state index contributed by atoms with van der Waals surface area (Å²) in [5, 5.41) is 18.8. The summed E-state index contributed by atoms with van der Waals surface area (Å²) in [5.41, 5.74) is 0.530. The summed E-state index contributed by atoms with van der Waals surface area (Å²) in [4.78, 5) is 22.0. The topological polar surface area (TPSA) is 124 Å². The summed E-state index contributed by atoms with van der Waals surface area (Å²) in [6, 6.07) is 4.16. The highest BCUT2D eigenvalue weighted by molar-refractivity contribution is 7.92. The van der Waals surface area contributed by atoms with Gasteiger partial charge in [-0.3, -0.25) is 9.59 Å². The number of carboxylic acid groups (broad SMARTS) is 1. The second kappa shape index (κ2) is 5.24. The Morgan fingerprint density at radius 3 is 2.62 bits per heavy atom. The van der Waals surface area contributed by atoms with E-state index in [9.17, 15) is 23.1 Å². The summed E-state index contributed by atoms with van der Waals surface area (Å²) in [6.45, 7) is 1.13. The van der Waals surface area contributed by atoms with Crippen LogP contribution in [0, 0.1) is 5.92 Å². The molecule has 0 aromatic heterocycles. The first-order chi connectivity index (χ1) is 9.70. The molecule has 0 bridgehead atoms. The zero-order valence-corrected chi connectivity index (χ0v) is 11.9. The first kappa shape index (κ1) is 15.1. The van der Waals surface area contributed by atoms with Crippen molar-refractivity contribution >= 4 is 27.8 Å². The van der Waals surface area contributed by atoms with Gasteiger partial charge in [0.2, 0.25) is 0 Å². The number of anilines is 1. The van der Waals surface area contributed by atoms with Crippen molar-refractivity contribution in [3.05, 3.63) is 23.8 Å². The fourth-order valence-corrected chi connectivity index (χ4v) is 3.17. The maximum Gasteiger partial charge on any atom is 0.326 e. The summed E-state index contributed by atoms with van der Waals surface area (Å²) < 4.78 is 25.9. The molecule has 1 aromatic carbocycles. The number of aromatic hydroxyl groups is 1. The quantitative estimate of drug-likeness (QED) is 0.709. The molecule has 1 aromatic rings. The van der Waals surface area contributed by atoms with Crippen LogP contribution in [0.1, 0.15) is 12.5 Å². The second-order valence-corrected chi connectivity index (χ2v) is 6.40. The van der Waals surface area contributed by atoms with E-state index in [0.717, 1.165) is 4.31 Å². The van der Waals surface area contributed by atoms with Crippen molar-refractivity contribution in [3.8, 4) is 5.75 Å². The molecule has 1 aliphatic rings. The third-order valence-corrected chi connectivity index (χ3v) is 4.48. The molecule has 1 amide bonds. The Hall–Kier alpha value is -2.29. The predicted molar refractivity (Wildman–Crippen MR) is 73.0 cm³/mol. The maximum atomic E-state index is 11.7. The number of nitrogens with one attached hydrogen (secondary N) is 1. The number of nitrogens with zero attached hydrogens (tertiary/aromatic N) is 1. The molecule has 1 fully saturated rings. The largest absolute Gasteiger partial charge is 0.506 e. The minimum Gasteiger partial charge on any atom is -0.506 e. The average Bonchev–Trinajstić information content (AvgIpc) is 2.62. The SMILES string of the molecule is CC(Cc1ccc(N2CC(=O)NS2(=O)=O)c(O)c1)C(=O)O. The predicted octanol–water partition coefficient (Wildman–Crippen LogP) is -0.164. The lowest BCUT2D eigenvalue weighted by Crippen LogP contribution is -2.29. The fraction of sp³-hybridized carbons (Fsp3) is 0.333. The van der Waals surface area contributed by atoms with Crippen molar-refractivity contribution in [1.29, 1.82) is 0 Å². The summed E-state index contributed by atoms with van der Waals surface area (Å²) >= 11 is 0. The van der Waals surface area contributed by atoms with Crippen LogP contribution in [0.5, 0.6) is 5.75 Å². The number of amides is 1. The minimum absolute atomic E-state index is 0.0277. The Morgan fingerprint density at radius 1 is 1.48 bits per heavy atom. The molecule has 0 aliphatic carbocycles. The van der Waals surface area contributed by atoms with Crippen LogP contribution >= 0.6 is 0 Å². The van der Waals surface area contributed by atoms with Gasteiger partial charge in [-0.15, -0.1) is 0 Å². The van der Waals surface area contributed by atoms with Crippen molar-refractivity contribution in [2.24, 2.45) is 5.92 Å². The number of hydrogen-bond donors (Lipinski definition) is 3. The lowest BCUT2D eigenvalue weighted by atomic mass is 10.0. The molecule has 21 heavy (non-hydrogen) atoms. The highest BCUT2D eigenvalue weighted by atomic mass is 32.2. The summed E-state index contributed by atoms with van der Waals surface area (Å²) in [6.07, 6.45) is 0.201. The number of aliphatic carboxylic acids is 1. The molecule has 114 valence electrons. The zero-order valence-electron chi connectivity index (χ0n) is 11.1. The summed E-state index contributed by atoms with van der Waals surface area (Å²) in [7, 11) is -3.98. The molecule has 0 radical (unpaired) electrons. The maximum absolute atomic E-state index is 11.7. The van der Waals surface area contributed by atoms with Crippen LogP contribution in [0.15, 0.2) is 18.2 Å². The molecule has 9 heteroatoms. The van der Waals surface area contributed by atoms with Crippen molar-refractivity contribution in [2.45, 2.75) is 13.3 Å². The van der Waals surface area contributed by atoms with Gasteiger partial charge in [-0.25, -0.2) is 9.03 Å². The zero-order chi connectivity index (χ0) is 15.8. The Morgan fingerprint density at radius 2 is 2.14 bits per heavy atom. The van der Waals surface area contributed by atoms with E-state index in [1.54, 1.807) is 4.72 Å². The molecular weight excluding hydrogens is 300 g/mol. The van der Waals surface area contributed by atoms with Crippen LogP contribution in [0.25, 0.3) is 0 Å². The highest BCUT2D eigenvalue weighted by Gasteiger charge is 2.35. The Kier molecular flexibility index (Phi) is 3.77. The first-order valence-electron chi connectivity index (χ1n) is 6.08. The molecule has 1 heterocycles. The standard InChI is InChI=1S/C12H14N2O6S/c1-7(12(17)18)4-8-2-3-9(10(15)5-8)14-6-11(16)13-21(14,19)20/h2-3,5,7,15H,4,6H2,1H3,(H,13,16)(H,17,18). The van der Waals surface area contributed by atoms with Crippen molar-refractivity contribution in [2.75, 3.05) is 10.8 Å². The molecule has 0 saturated carbocycles. The van der Waals surface area contributed by atoms with Gasteiger partial charge in [0, 0.05) is 0 Å². The number of phenolic OH excluding ortho intramolecular Hbond substituents is 1. The van der Waals surface area contributed by atoms with Gasteiger partial charge in [0.15, 0.2) is 0 Å². The highest BCUT2D eigenvalue weighted by Crippen LogP contribution is 2.31. The molecular formula is C12H14N2O6S. The molecule has 1 unspecified atom stereocenters. The van der Waals surface area contributed by atoms with Gasteiger partial charge in [-0.05, 0) is 24.1 Å². The Bertz CT molecular complexity index is 700. The number of rotatable bonds is 4. The number of benzene rings is 1. The van der Waals surface area contributed by atoms with Crippen LogP contribution in [0.3, 0.4) is 0 Å². The van der Waals surface area contributed by atoms with E-state index < -0.39 is 34.5 Å². The lowest BCUT2D eigenvalue weighted by Gasteiger charge is -2.17. The minimum atomic E-state index is -3.98. The van der Waals surface area contributed by atoms with Gasteiger partial charge in [0.1, 0.15) is 12.3 Å². The van der Waals surface area contributed by atoms with E-state index in [2.05, 4.69) is 0 Å². The number of carboxylic acids is 1. The molecule has 3 N–H and O–H groups in total. The Labute approximate surface area is 121 Å². The lowest BCUT2D eigenvalue weighted by molar-refractivity contribution is -0.141. The normalized spacial score (nSPS) is 18.3. The molecule has 1 aliphatic heterocycles. The van der Waals surface area contributed by atoms with Gasteiger partial charge in [0.25, 0.3) is 5.91 Å². The van der Waals surface area contributed by atoms with E-state index in [0.29, 0.717) is 5.56 Å². The third-order valence-electron chi connectivity index (χ3n) is 3.09. The smallest absolute Gasteiger partial charge is 0.326 e. The second-order valence-electron chi connectivity index (χ2n) is 4.80. The van der Waals surface area contributed by atoms with Crippen molar-refractivity contribution in [1.82, 2.24) is 4.72 Å². The van der Waals surface area contributed by atoms with Crippen LogP contribution in [-0.2, 0) is 26.2 Å². The van der Waals surface area contributed by atoms with Gasteiger partial charge < -0.3 is 10.2 Å². The van der Waals surface area contributed by atoms with Crippen molar-refractivity contribution in [3.63, 3.8) is 0 Å². The van der Waals surface area contributed by atoms with Gasteiger partial charge in [0.05, 0.1) is 11.6 Å². The van der Waals surface area contributed by atoms with Crippen LogP contribution < -0.4 is 9.03 Å². The van der Waals surface area contributed by atoms with E-state index in [4.69, 9.17) is 5.11 Å². The van der Waals surface area contributed by atoms with Crippen LogP contribution in [0.4, 0.5) is 5.69 Å². The molecule has 2 rings (SSSR count). The van der Waals surface area contributed by atoms with Gasteiger partial charge in [-0.1, -0.05) is 13.0 Å². The third kappa shape index (κ3) is 3.07. The molecule has 0 spiro atoms. The van der Waals surface area contributed by atoms with Crippen LogP contribution in [-0.4, -0.2) is 37.1 Å². The number of carbonyl (C=O) groups is 2. The van der Waals surface area contributed by atoms with E-state index >= 15 is 0 Å². The van der Waals surface area contributed by atoms with Crippen LogP contribution in [0.2, 0.25) is 0 Å². The van der Waals surface area contributed by atoms with E-state index in [1.807, 2.05) is 0 Å². The molecule has 8 nitrogen and oxygen atoms in total. The summed E-state index contributed by atoms with van der Waals surface area (Å²) in [5.74, 6) is -2.60. The van der Waals surface area contributed by atoms with Crippen molar-refractivity contribution < 1.29 is 28.2 Å². The Balaban J connectivity index is 2.28. The fourth-order valence-electron chi connectivity index (χ4n) is 2.01. The number of hydrogen-bond acceptors (Lipinski definition) is 5. The van der Waals surface area contributed by atoms with Gasteiger partial charge >= 0.3 is 16.2 Å². The number of carbonyl (C=O) groups excluding carboxylic acids is 1.